The molecule has 0 atom stereocenters. The first-order chi connectivity index (χ1) is 20.7. The number of amides is 3. The molecule has 0 bridgehead atoms. The van der Waals surface area contributed by atoms with Gasteiger partial charge in [0.05, 0.1) is 5.56 Å². The fraction of sp³-hybridized carbons (Fsp3) is 0.312. The largest absolute Gasteiger partial charge is 0.444 e. The molecule has 4 rings (SSSR count). The van der Waals surface area contributed by atoms with Crippen LogP contribution < -0.4 is 15.5 Å². The van der Waals surface area contributed by atoms with Crippen LogP contribution >= 0.6 is 0 Å². The lowest BCUT2D eigenvalue weighted by Crippen LogP contribution is -2.50. The lowest BCUT2D eigenvalue weighted by atomic mass is 10.1. The first kappa shape index (κ1) is 31.9. The topological polar surface area (TPSA) is 104 Å². The van der Waals surface area contributed by atoms with Gasteiger partial charge in [-0.3, -0.25) is 9.59 Å². The highest BCUT2D eigenvalue weighted by molar-refractivity contribution is 6.04. The van der Waals surface area contributed by atoms with Gasteiger partial charge < -0.3 is 25.2 Å². The van der Waals surface area contributed by atoms with E-state index in [1.54, 1.807) is 49.9 Å². The van der Waals surface area contributed by atoms with Crippen LogP contribution in [0, 0.1) is 11.8 Å². The van der Waals surface area contributed by atoms with Crippen LogP contribution in [0.4, 0.5) is 35.2 Å². The number of ether oxygens (including phenoxy) is 1. The molecule has 1 aliphatic rings. The maximum absolute atomic E-state index is 14.1. The molecule has 0 spiro atoms. The van der Waals surface area contributed by atoms with Gasteiger partial charge in [-0.05, 0) is 69.3 Å². The molecule has 0 saturated carbocycles. The van der Waals surface area contributed by atoms with Gasteiger partial charge >= 0.3 is 12.3 Å². The van der Waals surface area contributed by atoms with Gasteiger partial charge in [0.25, 0.3) is 5.91 Å². The van der Waals surface area contributed by atoms with E-state index >= 15 is 0 Å². The number of hydrogen-bond acceptors (Lipinski definition) is 6. The zero-order valence-corrected chi connectivity index (χ0v) is 24.7. The molecule has 1 aliphatic heterocycles. The molecule has 0 aliphatic carbocycles. The molecule has 44 heavy (non-hydrogen) atoms. The summed E-state index contributed by atoms with van der Waals surface area (Å²) in [7, 11) is 0. The van der Waals surface area contributed by atoms with Crippen molar-refractivity contribution in [3.8, 4) is 11.8 Å². The van der Waals surface area contributed by atoms with Gasteiger partial charge in [-0.25, -0.2) is 9.78 Å². The van der Waals surface area contributed by atoms with Gasteiger partial charge in [0.2, 0.25) is 5.91 Å². The Morgan fingerprint density at radius 1 is 0.886 bits per heavy atom. The molecule has 0 unspecified atom stereocenters. The number of nitrogens with zero attached hydrogens (tertiary/aromatic N) is 3. The van der Waals surface area contributed by atoms with E-state index in [1.807, 2.05) is 0 Å². The first-order valence-corrected chi connectivity index (χ1v) is 13.8. The smallest absolute Gasteiger partial charge is 0.418 e. The van der Waals surface area contributed by atoms with Crippen LogP contribution in [-0.2, 0) is 15.7 Å². The van der Waals surface area contributed by atoms with E-state index in [0.717, 1.165) is 6.07 Å². The Kier molecular flexibility index (Phi) is 9.47. The molecule has 1 fully saturated rings. The summed E-state index contributed by atoms with van der Waals surface area (Å²) in [5, 5.41) is 5.11. The van der Waals surface area contributed by atoms with Gasteiger partial charge in [-0.1, -0.05) is 17.9 Å². The number of hydrogen-bond donors (Lipinski definition) is 2. The number of aromatic nitrogens is 1. The van der Waals surface area contributed by atoms with Crippen molar-refractivity contribution in [1.82, 2.24) is 9.88 Å². The summed E-state index contributed by atoms with van der Waals surface area (Å²) in [6.45, 7) is 7.43. The SMILES string of the molecule is CC(=O)Nc1ccc(C#Cc2cccc(C(=O)Nc3ccc(N4CCN(C(=O)OC(C)(C)C)CC4)c(C(F)(F)F)c3)c2)cn1. The normalized spacial score (nSPS) is 13.4. The Bertz CT molecular complexity index is 1600. The van der Waals surface area contributed by atoms with Crippen LogP contribution in [0.3, 0.4) is 0 Å². The Hall–Kier alpha value is -5.05. The molecule has 1 aromatic heterocycles. The molecule has 2 N–H and O–H groups in total. The van der Waals surface area contributed by atoms with Gasteiger partial charge in [0.15, 0.2) is 0 Å². The number of carbonyl (C=O) groups excluding carboxylic acids is 3. The fourth-order valence-corrected chi connectivity index (χ4v) is 4.38. The molecule has 3 aromatic rings. The number of piperazine rings is 1. The number of alkyl halides is 3. The average molecular weight is 608 g/mol. The standard InChI is InChI=1S/C32H32F3N5O4/c1-21(41)37-28-13-10-23(20-36-28)9-8-22-6-5-7-24(18-22)29(42)38-25-11-12-27(26(19-25)32(33,34)35)39-14-16-40(17-15-39)30(43)44-31(2,3)4/h5-7,10-13,18-20H,14-17H2,1-4H3,(H,38,42)(H,36,37,41). The number of carbonyl (C=O) groups is 3. The second kappa shape index (κ2) is 13.1. The summed E-state index contributed by atoms with van der Waals surface area (Å²) in [5.41, 5.74) is -0.296. The predicted molar refractivity (Wildman–Crippen MR) is 160 cm³/mol. The third-order valence-corrected chi connectivity index (χ3v) is 6.38. The van der Waals surface area contributed by atoms with Crippen molar-refractivity contribution in [3.63, 3.8) is 0 Å². The zero-order valence-electron chi connectivity index (χ0n) is 24.7. The van der Waals surface area contributed by atoms with Crippen molar-refractivity contribution < 1.29 is 32.3 Å². The summed E-state index contributed by atoms with van der Waals surface area (Å²) < 4.78 is 47.8. The molecular weight excluding hydrogens is 575 g/mol. The van der Waals surface area contributed by atoms with Crippen molar-refractivity contribution in [2.24, 2.45) is 0 Å². The van der Waals surface area contributed by atoms with E-state index in [9.17, 15) is 27.6 Å². The summed E-state index contributed by atoms with van der Waals surface area (Å²) in [4.78, 5) is 43.6. The Morgan fingerprint density at radius 3 is 2.20 bits per heavy atom. The lowest BCUT2D eigenvalue weighted by Gasteiger charge is -2.37. The summed E-state index contributed by atoms with van der Waals surface area (Å²) in [6.07, 6.45) is -3.68. The van der Waals surface area contributed by atoms with Gasteiger partial charge in [-0.2, -0.15) is 13.2 Å². The molecule has 230 valence electrons. The maximum atomic E-state index is 14.1. The van der Waals surface area contributed by atoms with Crippen LogP contribution in [0.15, 0.2) is 60.8 Å². The lowest BCUT2D eigenvalue weighted by molar-refractivity contribution is -0.137. The van der Waals surface area contributed by atoms with E-state index in [1.165, 1.54) is 42.3 Å². The second-order valence-corrected chi connectivity index (χ2v) is 11.1. The molecule has 2 heterocycles. The number of pyridine rings is 1. The third kappa shape index (κ3) is 8.73. The molecular formula is C32H32F3N5O4. The molecule has 0 radical (unpaired) electrons. The summed E-state index contributed by atoms with van der Waals surface area (Å²) in [6, 6.07) is 13.3. The number of anilines is 3. The molecule has 12 heteroatoms. The Balaban J connectivity index is 1.45. The van der Waals surface area contributed by atoms with Crippen LogP contribution in [-0.4, -0.2) is 59.6 Å². The maximum Gasteiger partial charge on any atom is 0.418 e. The predicted octanol–water partition coefficient (Wildman–Crippen LogP) is 5.77. The minimum Gasteiger partial charge on any atom is -0.444 e. The monoisotopic (exact) mass is 607 g/mol. The van der Waals surface area contributed by atoms with Crippen molar-refractivity contribution in [1.29, 1.82) is 0 Å². The van der Waals surface area contributed by atoms with Crippen LogP contribution in [0.5, 0.6) is 0 Å². The van der Waals surface area contributed by atoms with Gasteiger partial charge in [-0.15, -0.1) is 0 Å². The number of halogens is 3. The summed E-state index contributed by atoms with van der Waals surface area (Å²) >= 11 is 0. The quantitative estimate of drug-likeness (QED) is 0.365. The van der Waals surface area contributed by atoms with Crippen molar-refractivity contribution in [2.45, 2.75) is 39.5 Å². The highest BCUT2D eigenvalue weighted by Crippen LogP contribution is 2.39. The van der Waals surface area contributed by atoms with Crippen molar-refractivity contribution >= 4 is 35.1 Å². The summed E-state index contributed by atoms with van der Waals surface area (Å²) in [5.74, 6) is 5.41. The van der Waals surface area contributed by atoms with Crippen LogP contribution in [0.2, 0.25) is 0 Å². The van der Waals surface area contributed by atoms with E-state index in [2.05, 4.69) is 27.5 Å². The van der Waals surface area contributed by atoms with E-state index in [-0.39, 0.29) is 49.0 Å². The molecule has 2 aromatic carbocycles. The number of benzene rings is 2. The van der Waals surface area contributed by atoms with Gasteiger partial charge in [0.1, 0.15) is 11.4 Å². The van der Waals surface area contributed by atoms with E-state index < -0.39 is 29.3 Å². The van der Waals surface area contributed by atoms with Crippen LogP contribution in [0.1, 0.15) is 54.7 Å². The number of rotatable bonds is 4. The number of nitrogens with one attached hydrogen (secondary N) is 2. The van der Waals surface area contributed by atoms with Gasteiger partial charge in [0, 0.05) is 67.4 Å². The Morgan fingerprint density at radius 2 is 1.59 bits per heavy atom. The molecule has 9 nitrogen and oxygen atoms in total. The van der Waals surface area contributed by atoms with Crippen molar-refractivity contribution in [3.05, 3.63) is 83.0 Å². The Labute approximate surface area is 253 Å². The van der Waals surface area contributed by atoms with E-state index in [4.69, 9.17) is 4.74 Å². The zero-order chi connectivity index (χ0) is 32.1. The van der Waals surface area contributed by atoms with Crippen molar-refractivity contribution in [2.75, 3.05) is 41.7 Å². The fourth-order valence-electron chi connectivity index (χ4n) is 4.38. The van der Waals surface area contributed by atoms with E-state index in [0.29, 0.717) is 16.9 Å². The third-order valence-electron chi connectivity index (χ3n) is 6.38. The second-order valence-electron chi connectivity index (χ2n) is 11.1. The minimum atomic E-state index is -4.68. The first-order valence-electron chi connectivity index (χ1n) is 13.8. The minimum absolute atomic E-state index is 0.0136. The van der Waals surface area contributed by atoms with Crippen LogP contribution in [0.25, 0.3) is 0 Å². The molecule has 3 amide bonds. The molecule has 1 saturated heterocycles. The average Bonchev–Trinajstić information content (AvgIpc) is 2.95. The highest BCUT2D eigenvalue weighted by Gasteiger charge is 2.36. The highest BCUT2D eigenvalue weighted by atomic mass is 19.4.